The zero-order chi connectivity index (χ0) is 62.8. The van der Waals surface area contributed by atoms with E-state index in [0.29, 0.717) is 25.9 Å². The molecule has 87 heavy (non-hydrogen) atoms. The third-order valence-electron chi connectivity index (χ3n) is 19.0. The van der Waals surface area contributed by atoms with E-state index in [2.05, 4.69) is 43.5 Å². The minimum atomic E-state index is -0.664. The van der Waals surface area contributed by atoms with E-state index >= 15 is 0 Å². The van der Waals surface area contributed by atoms with Crippen molar-refractivity contribution in [2.45, 2.75) is 469 Å². The number of hydrogen-bond donors (Lipinski definition) is 3. The van der Waals surface area contributed by atoms with Crippen molar-refractivity contribution in [3.8, 4) is 0 Å². The first kappa shape index (κ1) is 85.3. The Morgan fingerprint density at radius 3 is 0.816 bits per heavy atom. The van der Waals surface area contributed by atoms with Crippen LogP contribution in [-0.4, -0.2) is 47.4 Å². The molecule has 0 aliphatic heterocycles. The monoisotopic (exact) mass is 1220 g/mol. The van der Waals surface area contributed by atoms with Crippen LogP contribution in [0.2, 0.25) is 0 Å². The van der Waals surface area contributed by atoms with Crippen LogP contribution < -0.4 is 5.32 Å². The maximum atomic E-state index is 12.6. The molecule has 0 aromatic heterocycles. The van der Waals surface area contributed by atoms with Gasteiger partial charge >= 0.3 is 5.97 Å². The van der Waals surface area contributed by atoms with Crippen LogP contribution in [0.1, 0.15) is 457 Å². The molecule has 0 saturated heterocycles. The summed E-state index contributed by atoms with van der Waals surface area (Å²) in [6.45, 7) is 5.00. The lowest BCUT2D eigenvalue weighted by atomic mass is 10.0. The molecular weight excluding hydrogens is 1070 g/mol. The summed E-state index contributed by atoms with van der Waals surface area (Å²) in [6, 6.07) is -0.541. The van der Waals surface area contributed by atoms with Gasteiger partial charge < -0.3 is 20.3 Å². The maximum absolute atomic E-state index is 12.6. The number of ether oxygens (including phenoxy) is 1. The smallest absolute Gasteiger partial charge is 0.305 e. The lowest BCUT2D eigenvalue weighted by molar-refractivity contribution is -0.143. The van der Waals surface area contributed by atoms with Crippen molar-refractivity contribution in [2.75, 3.05) is 13.2 Å². The zero-order valence-electron chi connectivity index (χ0n) is 59.3. The number of aliphatic hydroxyl groups excluding tert-OH is 2. The van der Waals surface area contributed by atoms with Crippen LogP contribution in [0.15, 0.2) is 24.3 Å². The molecule has 0 fully saturated rings. The Morgan fingerprint density at radius 1 is 0.310 bits per heavy atom. The fourth-order valence-electron chi connectivity index (χ4n) is 12.9. The molecule has 0 heterocycles. The highest BCUT2D eigenvalue weighted by Gasteiger charge is 2.20. The Kier molecular flexibility index (Phi) is 75.3. The van der Waals surface area contributed by atoms with Crippen molar-refractivity contribution in [2.24, 2.45) is 0 Å². The Hall–Kier alpha value is -1.66. The van der Waals surface area contributed by atoms with E-state index in [1.165, 1.54) is 379 Å². The number of aliphatic hydroxyl groups is 2. The number of esters is 1. The normalized spacial score (nSPS) is 12.6. The fraction of sp³-hybridized carbons (Fsp3) is 0.926. The molecule has 0 aliphatic rings. The molecule has 0 aromatic carbocycles. The molecule has 516 valence electrons. The van der Waals surface area contributed by atoms with Crippen LogP contribution in [0.3, 0.4) is 0 Å². The standard InChI is InChI=1S/C81H157NO5/c1-3-5-7-9-11-13-15-17-19-20-21-22-33-36-39-42-46-49-53-57-61-65-69-73-79(84)78(77-83)82-80(85)74-70-66-62-58-54-50-47-43-40-37-34-31-29-27-25-23-24-26-28-30-32-35-38-41-44-48-52-56-60-64-68-72-76-87-81(86)75-71-67-63-59-55-51-45-18-16-14-12-10-8-6-4-2/h18,26,28,45,78-79,83-84H,3-17,19-25,27,29-44,46-77H2,1-2H3,(H,82,85)/b28-26-,45-18-. The molecule has 3 N–H and O–H groups in total. The third-order valence-corrected chi connectivity index (χ3v) is 19.0. The van der Waals surface area contributed by atoms with Gasteiger partial charge in [-0.25, -0.2) is 0 Å². The first-order valence-corrected chi connectivity index (χ1v) is 40.1. The number of hydrogen-bond acceptors (Lipinski definition) is 5. The summed E-state index contributed by atoms with van der Waals surface area (Å²) in [5.74, 6) is -0.0154. The number of carbonyl (C=O) groups excluding carboxylic acids is 2. The van der Waals surface area contributed by atoms with Crippen molar-refractivity contribution in [3.05, 3.63) is 24.3 Å². The molecule has 2 atom stereocenters. The number of nitrogens with one attached hydrogen (secondary N) is 1. The SMILES string of the molecule is CCCCCCCC/C=C\CCCCCCCC(=O)OCCCCCCCCCCCCCC/C=C\CCCCCCCCCCCCCCCCCCC(=O)NC(CO)C(O)CCCCCCCCCCCCCCCCCCCCCCCCC. The third kappa shape index (κ3) is 73.3. The molecule has 0 radical (unpaired) electrons. The van der Waals surface area contributed by atoms with Crippen LogP contribution in [0, 0.1) is 0 Å². The summed E-state index contributed by atoms with van der Waals surface area (Å²) < 4.78 is 5.50. The summed E-state index contributed by atoms with van der Waals surface area (Å²) in [7, 11) is 0. The Bertz CT molecular complexity index is 1360. The van der Waals surface area contributed by atoms with Crippen molar-refractivity contribution in [3.63, 3.8) is 0 Å². The molecule has 0 bridgehead atoms. The highest BCUT2D eigenvalue weighted by atomic mass is 16.5. The number of carbonyl (C=O) groups is 2. The molecule has 0 rings (SSSR count). The van der Waals surface area contributed by atoms with E-state index in [-0.39, 0.29) is 18.5 Å². The van der Waals surface area contributed by atoms with Crippen LogP contribution in [-0.2, 0) is 14.3 Å². The van der Waals surface area contributed by atoms with Crippen LogP contribution in [0.4, 0.5) is 0 Å². The van der Waals surface area contributed by atoms with Crippen LogP contribution in [0.5, 0.6) is 0 Å². The first-order chi connectivity index (χ1) is 43.0. The highest BCUT2D eigenvalue weighted by molar-refractivity contribution is 5.76. The molecule has 1 amide bonds. The van der Waals surface area contributed by atoms with Gasteiger partial charge in [0.1, 0.15) is 0 Å². The molecule has 0 aliphatic carbocycles. The van der Waals surface area contributed by atoms with Crippen LogP contribution in [0.25, 0.3) is 0 Å². The molecular formula is C81H157NO5. The van der Waals surface area contributed by atoms with E-state index in [0.717, 1.165) is 44.9 Å². The van der Waals surface area contributed by atoms with Gasteiger partial charge in [0.25, 0.3) is 0 Å². The molecule has 2 unspecified atom stereocenters. The topological polar surface area (TPSA) is 95.9 Å². The summed E-state index contributed by atoms with van der Waals surface area (Å²) in [5.41, 5.74) is 0. The predicted octanol–water partition coefficient (Wildman–Crippen LogP) is 26.4. The van der Waals surface area contributed by atoms with Gasteiger partial charge in [-0.3, -0.25) is 9.59 Å². The van der Waals surface area contributed by atoms with Gasteiger partial charge in [-0.15, -0.1) is 0 Å². The van der Waals surface area contributed by atoms with E-state index in [4.69, 9.17) is 4.74 Å². The van der Waals surface area contributed by atoms with Gasteiger partial charge in [0.15, 0.2) is 0 Å². The number of amides is 1. The van der Waals surface area contributed by atoms with E-state index in [1.54, 1.807) is 0 Å². The summed E-state index contributed by atoms with van der Waals surface area (Å²) in [4.78, 5) is 24.7. The van der Waals surface area contributed by atoms with Crippen molar-refractivity contribution >= 4 is 11.9 Å². The van der Waals surface area contributed by atoms with Gasteiger partial charge in [0.05, 0.1) is 25.4 Å². The Morgan fingerprint density at radius 2 is 0.540 bits per heavy atom. The molecule has 6 heteroatoms. The van der Waals surface area contributed by atoms with E-state index < -0.39 is 12.1 Å². The lowest BCUT2D eigenvalue weighted by Gasteiger charge is -2.22. The lowest BCUT2D eigenvalue weighted by Crippen LogP contribution is -2.45. The average Bonchev–Trinajstić information content (AvgIpc) is 3.53. The second-order valence-electron chi connectivity index (χ2n) is 27.7. The second kappa shape index (κ2) is 76.8. The minimum Gasteiger partial charge on any atom is -0.466 e. The number of allylic oxidation sites excluding steroid dienone is 4. The van der Waals surface area contributed by atoms with Gasteiger partial charge in [-0.1, -0.05) is 391 Å². The number of unbranched alkanes of at least 4 members (excludes halogenated alkanes) is 61. The summed E-state index contributed by atoms with van der Waals surface area (Å²) in [6.07, 6.45) is 98.4. The van der Waals surface area contributed by atoms with E-state index in [9.17, 15) is 19.8 Å². The number of rotatable bonds is 76. The molecule has 0 aromatic rings. The molecule has 0 saturated carbocycles. The highest BCUT2D eigenvalue weighted by Crippen LogP contribution is 2.20. The summed E-state index contributed by atoms with van der Waals surface area (Å²) >= 11 is 0. The van der Waals surface area contributed by atoms with Crippen molar-refractivity contribution in [1.29, 1.82) is 0 Å². The van der Waals surface area contributed by atoms with Crippen molar-refractivity contribution in [1.82, 2.24) is 5.32 Å². The zero-order valence-corrected chi connectivity index (χ0v) is 59.3. The second-order valence-corrected chi connectivity index (χ2v) is 27.7. The maximum Gasteiger partial charge on any atom is 0.305 e. The average molecular weight is 1230 g/mol. The van der Waals surface area contributed by atoms with Crippen molar-refractivity contribution < 1.29 is 24.5 Å². The largest absolute Gasteiger partial charge is 0.466 e. The Balaban J connectivity index is 3.36. The van der Waals surface area contributed by atoms with Gasteiger partial charge in [0.2, 0.25) is 5.91 Å². The van der Waals surface area contributed by atoms with Crippen LogP contribution >= 0.6 is 0 Å². The van der Waals surface area contributed by atoms with E-state index in [1.807, 2.05) is 0 Å². The minimum absolute atomic E-state index is 0.0113. The molecule has 6 nitrogen and oxygen atoms in total. The quantitative estimate of drug-likeness (QED) is 0.0320. The molecule has 0 spiro atoms. The van der Waals surface area contributed by atoms with Gasteiger partial charge in [-0.05, 0) is 77.0 Å². The predicted molar refractivity (Wildman–Crippen MR) is 384 cm³/mol. The summed E-state index contributed by atoms with van der Waals surface area (Å²) in [5, 5.41) is 23.5. The fourth-order valence-corrected chi connectivity index (χ4v) is 12.9. The van der Waals surface area contributed by atoms with Gasteiger partial charge in [0, 0.05) is 12.8 Å². The first-order valence-electron chi connectivity index (χ1n) is 40.1. The van der Waals surface area contributed by atoms with Gasteiger partial charge in [-0.2, -0.15) is 0 Å². The Labute approximate surface area is 545 Å².